The van der Waals surface area contributed by atoms with Gasteiger partial charge in [0.2, 0.25) is 0 Å². The zero-order valence-electron chi connectivity index (χ0n) is 23.1. The van der Waals surface area contributed by atoms with Crippen LogP contribution in [0.25, 0.3) is 0 Å². The van der Waals surface area contributed by atoms with E-state index in [4.69, 9.17) is 0 Å². The lowest BCUT2D eigenvalue weighted by molar-refractivity contribution is 0.143. The first kappa shape index (κ1) is 27.6. The van der Waals surface area contributed by atoms with Crippen LogP contribution in [0, 0.1) is 46.3 Å². The molecule has 31 heavy (non-hydrogen) atoms. The standard InChI is InChI=1S/C30H58S/c1-21(2)19-27(23-11-15-25(16-12-23)29(5,6)7)31-28(20-22(3)4)24-13-17-26(18-14-24)30(8,9)10/h21-28H,11-20H2,1-10H3. The minimum atomic E-state index is 0.498. The van der Waals surface area contributed by atoms with E-state index in [0.29, 0.717) is 10.8 Å². The van der Waals surface area contributed by atoms with Gasteiger partial charge in [-0.2, -0.15) is 11.8 Å². The minimum absolute atomic E-state index is 0.498. The number of thioether (sulfide) groups is 1. The Balaban J connectivity index is 2.05. The monoisotopic (exact) mass is 450 g/mol. The van der Waals surface area contributed by atoms with E-state index in [2.05, 4.69) is 81.0 Å². The van der Waals surface area contributed by atoms with Crippen molar-refractivity contribution in [2.24, 2.45) is 46.3 Å². The lowest BCUT2D eigenvalue weighted by Gasteiger charge is -2.43. The Bertz CT molecular complexity index is 443. The average molecular weight is 451 g/mol. The van der Waals surface area contributed by atoms with E-state index in [-0.39, 0.29) is 0 Å². The van der Waals surface area contributed by atoms with E-state index in [1.165, 1.54) is 64.2 Å². The molecule has 1 heteroatoms. The van der Waals surface area contributed by atoms with Gasteiger partial charge < -0.3 is 0 Å². The summed E-state index contributed by atoms with van der Waals surface area (Å²) in [5.41, 5.74) is 0.995. The van der Waals surface area contributed by atoms with Crippen molar-refractivity contribution in [2.45, 2.75) is 144 Å². The molecule has 0 amide bonds. The van der Waals surface area contributed by atoms with Gasteiger partial charge in [-0.25, -0.2) is 0 Å². The van der Waals surface area contributed by atoms with Crippen LogP contribution in [0.3, 0.4) is 0 Å². The van der Waals surface area contributed by atoms with Crippen molar-refractivity contribution in [3.8, 4) is 0 Å². The van der Waals surface area contributed by atoms with Gasteiger partial charge >= 0.3 is 0 Å². The SMILES string of the molecule is CC(C)CC(SC(CC(C)C)C1CCC(C(C)(C)C)CC1)C1CCC(C(C)(C)C)CC1. The summed E-state index contributed by atoms with van der Waals surface area (Å²) in [7, 11) is 0. The highest BCUT2D eigenvalue weighted by Gasteiger charge is 2.37. The van der Waals surface area contributed by atoms with E-state index in [1.807, 2.05) is 0 Å². The Kier molecular flexibility index (Phi) is 10.4. The van der Waals surface area contributed by atoms with E-state index < -0.39 is 0 Å². The lowest BCUT2D eigenvalue weighted by atomic mass is 9.69. The van der Waals surface area contributed by atoms with Gasteiger partial charge in [-0.05, 0) is 111 Å². The summed E-state index contributed by atoms with van der Waals surface area (Å²) < 4.78 is 0. The molecule has 0 saturated heterocycles. The molecule has 0 spiro atoms. The first-order valence-corrected chi connectivity index (χ1v) is 14.9. The molecule has 0 radical (unpaired) electrons. The molecule has 0 aliphatic heterocycles. The molecule has 0 N–H and O–H groups in total. The molecule has 184 valence electrons. The summed E-state index contributed by atoms with van der Waals surface area (Å²) in [5, 5.41) is 1.79. The molecule has 0 aromatic carbocycles. The first-order valence-electron chi connectivity index (χ1n) is 13.9. The molecule has 2 rings (SSSR count). The van der Waals surface area contributed by atoms with E-state index in [9.17, 15) is 0 Å². The van der Waals surface area contributed by atoms with Crippen LogP contribution in [0.15, 0.2) is 0 Å². The molecular weight excluding hydrogens is 392 g/mol. The van der Waals surface area contributed by atoms with E-state index in [0.717, 1.165) is 46.0 Å². The Hall–Kier alpha value is 0.350. The van der Waals surface area contributed by atoms with Gasteiger partial charge in [-0.3, -0.25) is 0 Å². The minimum Gasteiger partial charge on any atom is -0.155 e. The highest BCUT2D eigenvalue weighted by molar-refractivity contribution is 8.00. The summed E-state index contributed by atoms with van der Waals surface area (Å²) in [6.45, 7) is 24.6. The number of hydrogen-bond acceptors (Lipinski definition) is 1. The van der Waals surface area contributed by atoms with Gasteiger partial charge in [0.15, 0.2) is 0 Å². The number of hydrogen-bond donors (Lipinski definition) is 0. The van der Waals surface area contributed by atoms with Gasteiger partial charge in [-0.15, -0.1) is 0 Å². The fourth-order valence-electron chi connectivity index (χ4n) is 6.59. The molecule has 0 aromatic rings. The van der Waals surface area contributed by atoms with Crippen LogP contribution >= 0.6 is 11.8 Å². The quantitative estimate of drug-likeness (QED) is 0.354. The fraction of sp³-hybridized carbons (Fsp3) is 1.00. The summed E-state index contributed by atoms with van der Waals surface area (Å²) >= 11 is 2.48. The van der Waals surface area contributed by atoms with Gasteiger partial charge in [0.05, 0.1) is 0 Å². The fourth-order valence-corrected chi connectivity index (χ4v) is 9.02. The third-order valence-electron chi connectivity index (χ3n) is 8.80. The molecule has 0 heterocycles. The molecular formula is C30H58S. The second-order valence-electron chi connectivity index (χ2n) is 14.4. The molecule has 2 unspecified atom stereocenters. The maximum absolute atomic E-state index is 2.48. The predicted octanol–water partition coefficient (Wildman–Crippen LogP) is 10.3. The van der Waals surface area contributed by atoms with Crippen molar-refractivity contribution < 1.29 is 0 Å². The summed E-state index contributed by atoms with van der Waals surface area (Å²) in [4.78, 5) is 0. The summed E-state index contributed by atoms with van der Waals surface area (Å²) in [6.07, 6.45) is 14.7. The van der Waals surface area contributed by atoms with Gasteiger partial charge in [0, 0.05) is 10.5 Å². The van der Waals surface area contributed by atoms with Crippen molar-refractivity contribution in [1.82, 2.24) is 0 Å². The Morgan fingerprint density at radius 1 is 0.548 bits per heavy atom. The molecule has 0 aromatic heterocycles. The smallest absolute Gasteiger partial charge is 0.00806 e. The zero-order valence-corrected chi connectivity index (χ0v) is 23.9. The van der Waals surface area contributed by atoms with Crippen LogP contribution in [0.2, 0.25) is 0 Å². The summed E-state index contributed by atoms with van der Waals surface area (Å²) in [5.74, 6) is 5.46. The van der Waals surface area contributed by atoms with Crippen LogP contribution in [-0.2, 0) is 0 Å². The van der Waals surface area contributed by atoms with Gasteiger partial charge in [-0.1, -0.05) is 69.2 Å². The Morgan fingerprint density at radius 3 is 1.06 bits per heavy atom. The first-order chi connectivity index (χ1) is 14.3. The zero-order chi connectivity index (χ0) is 23.4. The topological polar surface area (TPSA) is 0 Å². The maximum Gasteiger partial charge on any atom is 0.00806 e. The third kappa shape index (κ3) is 8.90. The van der Waals surface area contributed by atoms with Crippen LogP contribution in [-0.4, -0.2) is 10.5 Å². The van der Waals surface area contributed by atoms with Crippen LogP contribution in [0.4, 0.5) is 0 Å². The van der Waals surface area contributed by atoms with Gasteiger partial charge in [0.1, 0.15) is 0 Å². The van der Waals surface area contributed by atoms with E-state index >= 15 is 0 Å². The Labute approximate surface area is 201 Å². The Morgan fingerprint density at radius 2 is 0.839 bits per heavy atom. The summed E-state index contributed by atoms with van der Waals surface area (Å²) in [6, 6.07) is 0. The predicted molar refractivity (Wildman–Crippen MR) is 144 cm³/mol. The molecule has 2 atom stereocenters. The van der Waals surface area contributed by atoms with Crippen molar-refractivity contribution in [3.63, 3.8) is 0 Å². The molecule has 2 fully saturated rings. The highest BCUT2D eigenvalue weighted by atomic mass is 32.2. The molecule has 0 nitrogen and oxygen atoms in total. The lowest BCUT2D eigenvalue weighted by Crippen LogP contribution is -2.34. The van der Waals surface area contributed by atoms with Crippen molar-refractivity contribution >= 4 is 11.8 Å². The molecule has 2 aliphatic rings. The van der Waals surface area contributed by atoms with E-state index in [1.54, 1.807) is 0 Å². The van der Waals surface area contributed by atoms with Crippen LogP contribution < -0.4 is 0 Å². The van der Waals surface area contributed by atoms with Crippen molar-refractivity contribution in [2.75, 3.05) is 0 Å². The molecule has 2 aliphatic carbocycles. The normalized spacial score (nSPS) is 30.6. The largest absolute Gasteiger partial charge is 0.155 e. The maximum atomic E-state index is 2.48. The van der Waals surface area contributed by atoms with Crippen LogP contribution in [0.5, 0.6) is 0 Å². The van der Waals surface area contributed by atoms with Crippen LogP contribution in [0.1, 0.15) is 133 Å². The number of rotatable bonds is 8. The second kappa shape index (κ2) is 11.7. The highest BCUT2D eigenvalue weighted by Crippen LogP contribution is 2.49. The van der Waals surface area contributed by atoms with Crippen molar-refractivity contribution in [1.29, 1.82) is 0 Å². The van der Waals surface area contributed by atoms with Gasteiger partial charge in [0.25, 0.3) is 0 Å². The van der Waals surface area contributed by atoms with Crippen molar-refractivity contribution in [3.05, 3.63) is 0 Å². The second-order valence-corrected chi connectivity index (χ2v) is 15.9. The average Bonchev–Trinajstić information content (AvgIpc) is 2.65. The molecule has 2 saturated carbocycles. The third-order valence-corrected chi connectivity index (χ3v) is 10.7. The molecule has 0 bridgehead atoms.